The molecule has 55 heavy (non-hydrogen) atoms. The minimum atomic E-state index is 0.574. The quantitative estimate of drug-likeness (QED) is 0.176. The second-order valence-electron chi connectivity index (χ2n) is 14.8. The average Bonchev–Trinajstić information content (AvgIpc) is 3.59. The summed E-state index contributed by atoms with van der Waals surface area (Å²) in [6.45, 7) is 0. The number of benzene rings is 5. The van der Waals surface area contributed by atoms with E-state index in [0.717, 1.165) is 59.6 Å². The molecule has 0 saturated heterocycles. The van der Waals surface area contributed by atoms with Crippen molar-refractivity contribution in [1.29, 1.82) is 0 Å². The standard InChI is InChI=1S/C50H37N3S2/c1-3-13-32(14-4-1)42-31-43(52-50(51-42)33-15-5-2-6-16-33)38-21-11-19-34(27-38)35-20-12-22-39(28-35)53-44-30-37-18-8-7-17-36(37)29-41(44)40-25-26-47-49(48(40)53)55-46-24-10-9-23-45(46)54-47/h1-7,9-17,19-24,27-29,31,37H,8,18,25-26,30H2. The van der Waals surface area contributed by atoms with Gasteiger partial charge in [-0.1, -0.05) is 139 Å². The van der Waals surface area contributed by atoms with E-state index in [1.54, 1.807) is 0 Å². The number of fused-ring (bicyclic) bond motifs is 6. The summed E-state index contributed by atoms with van der Waals surface area (Å²) in [4.78, 5) is 15.9. The van der Waals surface area contributed by atoms with E-state index in [-0.39, 0.29) is 0 Å². The third-order valence-electron chi connectivity index (χ3n) is 11.4. The van der Waals surface area contributed by atoms with Gasteiger partial charge in [-0.3, -0.25) is 0 Å². The average molecular weight is 744 g/mol. The third-order valence-corrected chi connectivity index (χ3v) is 14.1. The summed E-state index contributed by atoms with van der Waals surface area (Å²) in [5.74, 6) is 1.30. The van der Waals surface area contributed by atoms with Crippen molar-refractivity contribution in [2.75, 3.05) is 0 Å². The molecule has 1 aliphatic heterocycles. The lowest BCUT2D eigenvalue weighted by Crippen LogP contribution is -2.17. The molecule has 3 aliphatic carbocycles. The Balaban J connectivity index is 1.04. The Bertz CT molecular complexity index is 2680. The largest absolute Gasteiger partial charge is 0.312 e. The van der Waals surface area contributed by atoms with Crippen LogP contribution in [-0.2, 0) is 12.8 Å². The number of aromatic nitrogens is 3. The van der Waals surface area contributed by atoms with Gasteiger partial charge in [-0.15, -0.1) is 0 Å². The molecule has 11 rings (SSSR count). The molecule has 0 spiro atoms. The Morgan fingerprint density at radius 2 is 1.27 bits per heavy atom. The third kappa shape index (κ3) is 5.85. The molecule has 3 nitrogen and oxygen atoms in total. The van der Waals surface area contributed by atoms with E-state index < -0.39 is 0 Å². The topological polar surface area (TPSA) is 30.7 Å². The van der Waals surface area contributed by atoms with E-state index in [2.05, 4.69) is 138 Å². The van der Waals surface area contributed by atoms with Gasteiger partial charge in [0.25, 0.3) is 0 Å². The van der Waals surface area contributed by atoms with Crippen molar-refractivity contribution in [3.05, 3.63) is 185 Å². The molecule has 0 amide bonds. The van der Waals surface area contributed by atoms with E-state index in [0.29, 0.717) is 5.92 Å². The van der Waals surface area contributed by atoms with Crippen molar-refractivity contribution >= 4 is 34.5 Å². The molecule has 2 aromatic heterocycles. The number of rotatable bonds is 5. The summed E-state index contributed by atoms with van der Waals surface area (Å²) in [7, 11) is 0. The lowest BCUT2D eigenvalue weighted by atomic mass is 9.79. The van der Waals surface area contributed by atoms with Crippen molar-refractivity contribution in [2.24, 2.45) is 5.92 Å². The normalized spacial score (nSPS) is 16.7. The zero-order valence-electron chi connectivity index (χ0n) is 30.3. The fourth-order valence-electron chi connectivity index (χ4n) is 8.75. The van der Waals surface area contributed by atoms with Gasteiger partial charge in [0.05, 0.1) is 17.1 Å². The van der Waals surface area contributed by atoms with Crippen LogP contribution in [0.15, 0.2) is 172 Å². The molecule has 5 heteroatoms. The van der Waals surface area contributed by atoms with Crippen LogP contribution >= 0.6 is 23.5 Å². The number of thioether (sulfide) groups is 2. The van der Waals surface area contributed by atoms with Crippen LogP contribution in [0.4, 0.5) is 0 Å². The van der Waals surface area contributed by atoms with Crippen molar-refractivity contribution in [2.45, 2.75) is 41.9 Å². The van der Waals surface area contributed by atoms with E-state index >= 15 is 0 Å². The van der Waals surface area contributed by atoms with Crippen molar-refractivity contribution in [3.8, 4) is 50.7 Å². The summed E-state index contributed by atoms with van der Waals surface area (Å²) in [5, 5.41) is 0. The first-order valence-corrected chi connectivity index (χ1v) is 20.9. The van der Waals surface area contributed by atoms with Gasteiger partial charge in [0.1, 0.15) is 0 Å². The Hall–Kier alpha value is -5.62. The van der Waals surface area contributed by atoms with Crippen LogP contribution in [0.3, 0.4) is 0 Å². The van der Waals surface area contributed by atoms with Gasteiger partial charge in [0.15, 0.2) is 5.82 Å². The highest BCUT2D eigenvalue weighted by molar-refractivity contribution is 8.13. The van der Waals surface area contributed by atoms with Crippen molar-refractivity contribution in [1.82, 2.24) is 14.5 Å². The van der Waals surface area contributed by atoms with E-state index in [1.807, 2.05) is 47.8 Å². The van der Waals surface area contributed by atoms with Gasteiger partial charge in [0, 0.05) is 47.7 Å². The summed E-state index contributed by atoms with van der Waals surface area (Å²) in [6.07, 6.45) is 12.9. The summed E-state index contributed by atoms with van der Waals surface area (Å²) in [6, 6.07) is 49.8. The second kappa shape index (κ2) is 13.6. The first kappa shape index (κ1) is 32.8. The smallest absolute Gasteiger partial charge is 0.160 e. The summed E-state index contributed by atoms with van der Waals surface area (Å²) >= 11 is 3.95. The molecule has 0 fully saturated rings. The minimum Gasteiger partial charge on any atom is -0.312 e. The van der Waals surface area contributed by atoms with Crippen molar-refractivity contribution in [3.63, 3.8) is 0 Å². The van der Waals surface area contributed by atoms with Crippen LogP contribution in [0.5, 0.6) is 0 Å². The van der Waals surface area contributed by atoms with Crippen LogP contribution in [0.2, 0.25) is 0 Å². The Morgan fingerprint density at radius 1 is 0.600 bits per heavy atom. The molecule has 5 aromatic carbocycles. The fraction of sp³-hybridized carbons (Fsp3) is 0.120. The minimum absolute atomic E-state index is 0.574. The van der Waals surface area contributed by atoms with Gasteiger partial charge < -0.3 is 4.57 Å². The fourth-order valence-corrected chi connectivity index (χ4v) is 11.3. The number of nitrogens with zero attached hydrogens (tertiary/aromatic N) is 3. The molecule has 1 unspecified atom stereocenters. The molecule has 0 N–H and O–H groups in total. The number of hydrogen-bond donors (Lipinski definition) is 0. The lowest BCUT2D eigenvalue weighted by molar-refractivity contribution is 0.545. The van der Waals surface area contributed by atoms with Gasteiger partial charge >= 0.3 is 0 Å². The summed E-state index contributed by atoms with van der Waals surface area (Å²) in [5.41, 5.74) is 16.0. The number of allylic oxidation sites excluding steroid dienone is 4. The first-order chi connectivity index (χ1) is 27.2. The summed E-state index contributed by atoms with van der Waals surface area (Å²) < 4.78 is 2.66. The molecule has 7 aromatic rings. The van der Waals surface area contributed by atoms with E-state index in [1.165, 1.54) is 70.9 Å². The van der Waals surface area contributed by atoms with Gasteiger partial charge in [-0.25, -0.2) is 9.97 Å². The second-order valence-corrected chi connectivity index (χ2v) is 17.0. The van der Waals surface area contributed by atoms with E-state index in [4.69, 9.17) is 9.97 Å². The highest BCUT2D eigenvalue weighted by Gasteiger charge is 2.36. The van der Waals surface area contributed by atoms with Crippen LogP contribution in [0.25, 0.3) is 61.7 Å². The molecule has 0 bridgehead atoms. The Kier molecular flexibility index (Phi) is 8.10. The van der Waals surface area contributed by atoms with Crippen LogP contribution < -0.4 is 0 Å². The predicted molar refractivity (Wildman–Crippen MR) is 230 cm³/mol. The molecule has 0 saturated carbocycles. The van der Waals surface area contributed by atoms with Crippen LogP contribution in [-0.4, -0.2) is 14.5 Å². The van der Waals surface area contributed by atoms with Gasteiger partial charge in [-0.05, 0) is 108 Å². The maximum Gasteiger partial charge on any atom is 0.160 e. The maximum absolute atomic E-state index is 5.14. The predicted octanol–water partition coefficient (Wildman–Crippen LogP) is 13.4. The van der Waals surface area contributed by atoms with Crippen molar-refractivity contribution < 1.29 is 0 Å². The molecular formula is C50H37N3S2. The Morgan fingerprint density at radius 3 is 2.09 bits per heavy atom. The SMILES string of the molecule is C1=CC2=Cc3c4c(n(-c5cccc(-c6cccc(-c7cc(-c8ccccc8)nc(-c8ccccc8)n7)c6)c5)c3CC2CC1)C1=C(CC4)Sc2ccccc2S1. The molecule has 3 heterocycles. The first-order valence-electron chi connectivity index (χ1n) is 19.3. The molecule has 264 valence electrons. The maximum atomic E-state index is 5.14. The number of hydrogen-bond acceptors (Lipinski definition) is 4. The van der Waals surface area contributed by atoms with Gasteiger partial charge in [-0.2, -0.15) is 0 Å². The van der Waals surface area contributed by atoms with Gasteiger partial charge in [0.2, 0.25) is 0 Å². The lowest BCUT2D eigenvalue weighted by Gasteiger charge is -2.28. The zero-order chi connectivity index (χ0) is 36.3. The highest BCUT2D eigenvalue weighted by atomic mass is 32.2. The van der Waals surface area contributed by atoms with E-state index in [9.17, 15) is 0 Å². The zero-order valence-corrected chi connectivity index (χ0v) is 31.9. The monoisotopic (exact) mass is 743 g/mol. The molecular weight excluding hydrogens is 707 g/mol. The molecule has 0 radical (unpaired) electrons. The van der Waals surface area contributed by atoms with Crippen LogP contribution in [0, 0.1) is 5.92 Å². The molecule has 4 aliphatic rings. The highest BCUT2D eigenvalue weighted by Crippen LogP contribution is 2.57. The van der Waals surface area contributed by atoms with Crippen LogP contribution in [0.1, 0.15) is 41.8 Å². The Labute approximate surface area is 330 Å². The molecule has 1 atom stereocenters.